The van der Waals surface area contributed by atoms with Crippen molar-refractivity contribution < 1.29 is 9.53 Å². The Hall–Kier alpha value is -1.57. The molecule has 0 fully saturated rings. The predicted octanol–water partition coefficient (Wildman–Crippen LogP) is 2.37. The van der Waals surface area contributed by atoms with Gasteiger partial charge in [0.2, 0.25) is 0 Å². The predicted molar refractivity (Wildman–Crippen MR) is 57.9 cm³/mol. The van der Waals surface area contributed by atoms with Crippen LogP contribution in [-0.2, 0) is 11.2 Å². The van der Waals surface area contributed by atoms with Crippen molar-refractivity contribution in [1.29, 1.82) is 0 Å². The highest BCUT2D eigenvalue weighted by molar-refractivity contribution is 6.02. The number of allylic oxidation sites excluding steroid dienone is 2. The van der Waals surface area contributed by atoms with Crippen LogP contribution in [0.5, 0.6) is 5.75 Å². The van der Waals surface area contributed by atoms with E-state index >= 15 is 0 Å². The number of fused-ring (bicyclic) bond motifs is 1. The molecule has 2 heteroatoms. The maximum Gasteiger partial charge on any atom is 0.156 e. The number of para-hydroxylation sites is 1. The Morgan fingerprint density at radius 3 is 2.87 bits per heavy atom. The molecule has 0 bridgehead atoms. The molecule has 0 unspecified atom stereocenters. The average molecular weight is 200 g/mol. The summed E-state index contributed by atoms with van der Waals surface area (Å²) >= 11 is 0. The lowest BCUT2D eigenvalue weighted by atomic mass is 10.0. The van der Waals surface area contributed by atoms with Gasteiger partial charge >= 0.3 is 0 Å². The second kappa shape index (κ2) is 3.23. The van der Waals surface area contributed by atoms with Gasteiger partial charge in [0, 0.05) is 18.4 Å². The fourth-order valence-corrected chi connectivity index (χ4v) is 2.28. The molecule has 0 spiro atoms. The lowest BCUT2D eigenvalue weighted by molar-refractivity contribution is -0.114. The maximum absolute atomic E-state index is 11.2. The molecule has 76 valence electrons. The molecule has 1 aliphatic heterocycles. The number of rotatable bonds is 1. The second-order valence-corrected chi connectivity index (χ2v) is 4.03. The van der Waals surface area contributed by atoms with Crippen LogP contribution in [0, 0.1) is 0 Å². The van der Waals surface area contributed by atoms with Crippen molar-refractivity contribution in [1.82, 2.24) is 0 Å². The minimum atomic E-state index is 0.237. The quantitative estimate of drug-likeness (QED) is 0.695. The molecule has 0 aromatic heterocycles. The van der Waals surface area contributed by atoms with E-state index in [1.807, 2.05) is 6.07 Å². The molecule has 1 aromatic carbocycles. The van der Waals surface area contributed by atoms with E-state index in [-0.39, 0.29) is 5.78 Å². The van der Waals surface area contributed by atoms with E-state index in [1.165, 1.54) is 5.56 Å². The monoisotopic (exact) mass is 200 g/mol. The lowest BCUT2D eigenvalue weighted by Crippen LogP contribution is -1.90. The minimum absolute atomic E-state index is 0.237. The van der Waals surface area contributed by atoms with Gasteiger partial charge in [-0.3, -0.25) is 4.79 Å². The summed E-state index contributed by atoms with van der Waals surface area (Å²) in [6.07, 6.45) is 4.26. The van der Waals surface area contributed by atoms with Gasteiger partial charge in [-0.2, -0.15) is 0 Å². The van der Waals surface area contributed by atoms with E-state index in [2.05, 4.69) is 12.1 Å². The summed E-state index contributed by atoms with van der Waals surface area (Å²) in [7, 11) is 0. The van der Waals surface area contributed by atoms with Gasteiger partial charge in [0.05, 0.1) is 6.61 Å². The van der Waals surface area contributed by atoms with Crippen molar-refractivity contribution in [3.63, 3.8) is 0 Å². The number of ether oxygens (including phenoxy) is 1. The Kier molecular flexibility index (Phi) is 1.88. The summed E-state index contributed by atoms with van der Waals surface area (Å²) in [4.78, 5) is 11.2. The van der Waals surface area contributed by atoms with Gasteiger partial charge in [-0.15, -0.1) is 0 Å². The van der Waals surface area contributed by atoms with Gasteiger partial charge in [0.15, 0.2) is 5.78 Å². The molecule has 0 saturated heterocycles. The van der Waals surface area contributed by atoms with Crippen LogP contribution in [0.4, 0.5) is 0 Å². The molecule has 1 aromatic rings. The SMILES string of the molecule is O=C1C=C(c2cccc3c2OCC3)CC1. The van der Waals surface area contributed by atoms with Crippen LogP contribution >= 0.6 is 0 Å². The number of carbonyl (C=O) groups is 1. The minimum Gasteiger partial charge on any atom is -0.492 e. The summed E-state index contributed by atoms with van der Waals surface area (Å²) in [5.41, 5.74) is 3.53. The first-order valence-corrected chi connectivity index (χ1v) is 5.33. The molecule has 15 heavy (non-hydrogen) atoms. The number of benzene rings is 1. The van der Waals surface area contributed by atoms with Crippen LogP contribution in [0.1, 0.15) is 24.0 Å². The molecular weight excluding hydrogens is 188 g/mol. The fraction of sp³-hybridized carbons (Fsp3) is 0.308. The van der Waals surface area contributed by atoms with Crippen molar-refractivity contribution in [3.8, 4) is 5.75 Å². The van der Waals surface area contributed by atoms with E-state index in [0.717, 1.165) is 36.3 Å². The third-order valence-corrected chi connectivity index (χ3v) is 3.04. The van der Waals surface area contributed by atoms with Crippen LogP contribution in [0.3, 0.4) is 0 Å². The normalized spacial score (nSPS) is 18.7. The standard InChI is InChI=1S/C13H12O2/c14-11-5-4-10(8-11)12-3-1-2-9-6-7-15-13(9)12/h1-3,8H,4-7H2. The van der Waals surface area contributed by atoms with Crippen molar-refractivity contribution in [2.45, 2.75) is 19.3 Å². The molecular formula is C13H12O2. The summed E-state index contributed by atoms with van der Waals surface area (Å²) in [6.45, 7) is 0.771. The number of hydrogen-bond donors (Lipinski definition) is 0. The zero-order valence-electron chi connectivity index (χ0n) is 8.45. The van der Waals surface area contributed by atoms with Gasteiger partial charge in [-0.1, -0.05) is 18.2 Å². The van der Waals surface area contributed by atoms with E-state index in [0.29, 0.717) is 6.42 Å². The third-order valence-electron chi connectivity index (χ3n) is 3.04. The van der Waals surface area contributed by atoms with Gasteiger partial charge < -0.3 is 4.74 Å². The topological polar surface area (TPSA) is 26.3 Å². The van der Waals surface area contributed by atoms with Gasteiger partial charge in [0.1, 0.15) is 5.75 Å². The zero-order chi connectivity index (χ0) is 10.3. The molecule has 2 nitrogen and oxygen atoms in total. The van der Waals surface area contributed by atoms with E-state index in [4.69, 9.17) is 4.74 Å². The van der Waals surface area contributed by atoms with Crippen molar-refractivity contribution in [3.05, 3.63) is 35.4 Å². The maximum atomic E-state index is 11.2. The van der Waals surface area contributed by atoms with Gasteiger partial charge in [0.25, 0.3) is 0 Å². The van der Waals surface area contributed by atoms with Crippen LogP contribution in [0.2, 0.25) is 0 Å². The highest BCUT2D eigenvalue weighted by Gasteiger charge is 2.21. The molecule has 0 saturated carbocycles. The summed E-state index contributed by atoms with van der Waals surface area (Å²) in [5, 5.41) is 0. The van der Waals surface area contributed by atoms with Crippen molar-refractivity contribution >= 4 is 11.4 Å². The molecule has 0 atom stereocenters. The van der Waals surface area contributed by atoms with Crippen molar-refractivity contribution in [2.24, 2.45) is 0 Å². The Labute approximate surface area is 88.6 Å². The Balaban J connectivity index is 2.09. The summed E-state index contributed by atoms with van der Waals surface area (Å²) in [5.74, 6) is 1.24. The number of ketones is 1. The molecule has 0 amide bonds. The first kappa shape index (κ1) is 8.72. The zero-order valence-corrected chi connectivity index (χ0v) is 8.45. The van der Waals surface area contributed by atoms with Gasteiger partial charge in [-0.05, 0) is 23.6 Å². The molecule has 2 aliphatic rings. The fourth-order valence-electron chi connectivity index (χ4n) is 2.28. The second-order valence-electron chi connectivity index (χ2n) is 4.03. The number of hydrogen-bond acceptors (Lipinski definition) is 2. The summed E-state index contributed by atoms with van der Waals surface area (Å²) < 4.78 is 5.63. The Bertz CT molecular complexity index is 458. The van der Waals surface area contributed by atoms with E-state index in [1.54, 1.807) is 6.08 Å². The highest BCUT2D eigenvalue weighted by atomic mass is 16.5. The first-order valence-electron chi connectivity index (χ1n) is 5.33. The van der Waals surface area contributed by atoms with Gasteiger partial charge in [-0.25, -0.2) is 0 Å². The largest absolute Gasteiger partial charge is 0.492 e. The lowest BCUT2D eigenvalue weighted by Gasteiger charge is -2.07. The van der Waals surface area contributed by atoms with Crippen LogP contribution in [0.25, 0.3) is 5.57 Å². The average Bonchev–Trinajstić information content (AvgIpc) is 2.84. The van der Waals surface area contributed by atoms with Crippen molar-refractivity contribution in [2.75, 3.05) is 6.61 Å². The highest BCUT2D eigenvalue weighted by Crippen LogP contribution is 2.37. The van der Waals surface area contributed by atoms with E-state index < -0.39 is 0 Å². The molecule has 1 heterocycles. The molecule has 1 aliphatic carbocycles. The third kappa shape index (κ3) is 1.37. The number of carbonyl (C=O) groups excluding carboxylic acids is 1. The van der Waals surface area contributed by atoms with Crippen LogP contribution < -0.4 is 4.74 Å². The molecule has 3 rings (SSSR count). The Morgan fingerprint density at radius 1 is 1.13 bits per heavy atom. The molecule has 0 radical (unpaired) electrons. The smallest absolute Gasteiger partial charge is 0.156 e. The Morgan fingerprint density at radius 2 is 2.07 bits per heavy atom. The van der Waals surface area contributed by atoms with Crippen LogP contribution in [0.15, 0.2) is 24.3 Å². The molecule has 0 N–H and O–H groups in total. The van der Waals surface area contributed by atoms with E-state index in [9.17, 15) is 4.79 Å². The summed E-state index contributed by atoms with van der Waals surface area (Å²) in [6, 6.07) is 6.20. The first-order chi connectivity index (χ1) is 7.34. The van der Waals surface area contributed by atoms with Crippen LogP contribution in [-0.4, -0.2) is 12.4 Å².